The molecule has 5 nitrogen and oxygen atoms in total. The van der Waals surface area contributed by atoms with Crippen molar-refractivity contribution in [1.82, 2.24) is 0 Å². The van der Waals surface area contributed by atoms with Gasteiger partial charge in [-0.1, -0.05) is 18.2 Å². The van der Waals surface area contributed by atoms with Gasteiger partial charge in [-0.15, -0.1) is 0 Å². The second kappa shape index (κ2) is 7.03. The Morgan fingerprint density at radius 1 is 1.55 bits per heavy atom. The lowest BCUT2D eigenvalue weighted by molar-refractivity contribution is -0.138. The summed E-state index contributed by atoms with van der Waals surface area (Å²) in [7, 11) is 0. The molecule has 1 aliphatic carbocycles. The number of ether oxygens (including phenoxy) is 2. The molecule has 22 heavy (non-hydrogen) atoms. The van der Waals surface area contributed by atoms with Crippen molar-refractivity contribution in [2.45, 2.75) is 45.0 Å². The number of carbonyl (C=O) groups is 2. The van der Waals surface area contributed by atoms with Crippen molar-refractivity contribution in [3.05, 3.63) is 35.5 Å². The molecular formula is C17H22O5. The van der Waals surface area contributed by atoms with Crippen LogP contribution in [0.5, 0.6) is 0 Å². The highest BCUT2D eigenvalue weighted by atomic mass is 16.6. The molecule has 1 fully saturated rings. The Morgan fingerprint density at radius 2 is 2.27 bits per heavy atom. The van der Waals surface area contributed by atoms with Crippen molar-refractivity contribution in [3.8, 4) is 0 Å². The van der Waals surface area contributed by atoms with E-state index in [-0.39, 0.29) is 11.1 Å². The molecule has 1 heterocycles. The highest BCUT2D eigenvalue weighted by molar-refractivity contribution is 5.91. The zero-order chi connectivity index (χ0) is 16.3. The topological polar surface area (TPSA) is 72.8 Å². The van der Waals surface area contributed by atoms with Crippen molar-refractivity contribution >= 4 is 12.3 Å². The standard InChI is InChI=1S/C17H22O5/c1-4-21-16-14-11(3)17(20)22-13(14)8-10(2)6-5-7-12(9-18)15(16)19/h7-9,13-16,19H,3-6H2,1-2H3/b10-8+,12-7-/t13-,14+,15+,16+/m1/s1. The van der Waals surface area contributed by atoms with Crippen molar-refractivity contribution in [1.29, 1.82) is 0 Å². The van der Waals surface area contributed by atoms with Crippen LogP contribution in [-0.2, 0) is 19.1 Å². The quantitative estimate of drug-likeness (QED) is 0.372. The molecule has 0 unspecified atom stereocenters. The first-order chi connectivity index (χ1) is 10.5. The van der Waals surface area contributed by atoms with Gasteiger partial charge in [-0.3, -0.25) is 4.79 Å². The molecular weight excluding hydrogens is 284 g/mol. The maximum Gasteiger partial charge on any atom is 0.334 e. The van der Waals surface area contributed by atoms with Crippen molar-refractivity contribution in [3.63, 3.8) is 0 Å². The Labute approximate surface area is 130 Å². The fourth-order valence-corrected chi connectivity index (χ4v) is 2.97. The van der Waals surface area contributed by atoms with Gasteiger partial charge in [0.05, 0.1) is 12.0 Å². The van der Waals surface area contributed by atoms with Crippen LogP contribution in [0, 0.1) is 5.92 Å². The summed E-state index contributed by atoms with van der Waals surface area (Å²) in [5.74, 6) is -0.981. The number of aliphatic hydroxyl groups excluding tert-OH is 1. The summed E-state index contributed by atoms with van der Waals surface area (Å²) >= 11 is 0. The van der Waals surface area contributed by atoms with Crippen molar-refractivity contribution in [2.24, 2.45) is 5.92 Å². The monoisotopic (exact) mass is 306 g/mol. The van der Waals surface area contributed by atoms with Gasteiger partial charge in [0.1, 0.15) is 18.5 Å². The number of allylic oxidation sites excluding steroid dienone is 2. The van der Waals surface area contributed by atoms with E-state index in [0.29, 0.717) is 19.3 Å². The van der Waals surface area contributed by atoms with Crippen LogP contribution >= 0.6 is 0 Å². The van der Waals surface area contributed by atoms with Crippen molar-refractivity contribution < 1.29 is 24.2 Å². The van der Waals surface area contributed by atoms with Gasteiger partial charge in [0.25, 0.3) is 0 Å². The van der Waals surface area contributed by atoms with E-state index in [1.54, 1.807) is 13.0 Å². The number of rotatable bonds is 3. The lowest BCUT2D eigenvalue weighted by Gasteiger charge is -2.30. The van der Waals surface area contributed by atoms with Crippen LogP contribution in [-0.4, -0.2) is 42.3 Å². The van der Waals surface area contributed by atoms with E-state index in [1.807, 2.05) is 13.0 Å². The number of esters is 1. The predicted molar refractivity (Wildman–Crippen MR) is 81.1 cm³/mol. The number of aldehydes is 1. The molecule has 0 aromatic rings. The third-order valence-corrected chi connectivity index (χ3v) is 4.13. The van der Waals surface area contributed by atoms with E-state index >= 15 is 0 Å². The van der Waals surface area contributed by atoms with Crippen LogP contribution in [0.25, 0.3) is 0 Å². The molecule has 0 saturated carbocycles. The van der Waals surface area contributed by atoms with Gasteiger partial charge in [-0.2, -0.15) is 0 Å². The summed E-state index contributed by atoms with van der Waals surface area (Å²) in [5, 5.41) is 10.5. The summed E-state index contributed by atoms with van der Waals surface area (Å²) in [6.45, 7) is 7.88. The Morgan fingerprint density at radius 3 is 2.91 bits per heavy atom. The molecule has 2 rings (SSSR count). The third kappa shape index (κ3) is 3.20. The summed E-state index contributed by atoms with van der Waals surface area (Å²) in [5.41, 5.74) is 1.61. The van der Waals surface area contributed by atoms with E-state index in [1.165, 1.54) is 0 Å². The summed E-state index contributed by atoms with van der Waals surface area (Å²) < 4.78 is 11.0. The van der Waals surface area contributed by atoms with Crippen LogP contribution in [0.1, 0.15) is 26.7 Å². The molecule has 1 aliphatic heterocycles. The number of hydrogen-bond acceptors (Lipinski definition) is 5. The highest BCUT2D eigenvalue weighted by Gasteiger charge is 2.46. The SMILES string of the molecule is C=C1C(=O)O[C@@H]2/C=C(\C)CC/C=C(/C=O)[C@H](O)[C@@H](OCC)[C@@H]12. The molecule has 4 atom stereocenters. The van der Waals surface area contributed by atoms with Crippen LogP contribution in [0.3, 0.4) is 0 Å². The van der Waals surface area contributed by atoms with Crippen molar-refractivity contribution in [2.75, 3.05) is 6.61 Å². The molecule has 0 aromatic carbocycles. The maximum absolute atomic E-state index is 11.9. The minimum atomic E-state index is -1.11. The molecule has 5 heteroatoms. The molecule has 2 aliphatic rings. The van der Waals surface area contributed by atoms with E-state index in [9.17, 15) is 14.7 Å². The van der Waals surface area contributed by atoms with Gasteiger partial charge in [-0.25, -0.2) is 4.79 Å². The Kier molecular flexibility index (Phi) is 5.32. The van der Waals surface area contributed by atoms with E-state index in [2.05, 4.69) is 6.58 Å². The average molecular weight is 306 g/mol. The average Bonchev–Trinajstić information content (AvgIpc) is 2.75. The minimum Gasteiger partial charge on any atom is -0.454 e. The van der Waals surface area contributed by atoms with Gasteiger partial charge in [-0.05, 0) is 32.8 Å². The van der Waals surface area contributed by atoms with Gasteiger partial charge in [0, 0.05) is 17.8 Å². The fourth-order valence-electron chi connectivity index (χ4n) is 2.97. The zero-order valence-corrected chi connectivity index (χ0v) is 13.0. The molecule has 120 valence electrons. The molecule has 1 saturated heterocycles. The number of hydrogen-bond donors (Lipinski definition) is 1. The van der Waals surface area contributed by atoms with Crippen LogP contribution in [0.15, 0.2) is 35.5 Å². The summed E-state index contributed by atoms with van der Waals surface area (Å²) in [6.07, 6.45) is 3.26. The van der Waals surface area contributed by atoms with Gasteiger partial charge >= 0.3 is 5.97 Å². The second-order valence-electron chi connectivity index (χ2n) is 5.66. The molecule has 1 N–H and O–H groups in total. The van der Waals surface area contributed by atoms with E-state index in [0.717, 1.165) is 12.0 Å². The number of aliphatic hydroxyl groups is 1. The fraction of sp³-hybridized carbons (Fsp3) is 0.529. The van der Waals surface area contributed by atoms with Gasteiger partial charge < -0.3 is 14.6 Å². The van der Waals surface area contributed by atoms with Crippen LogP contribution < -0.4 is 0 Å². The minimum absolute atomic E-state index is 0.275. The first-order valence-corrected chi connectivity index (χ1v) is 7.51. The van der Waals surface area contributed by atoms with E-state index in [4.69, 9.17) is 9.47 Å². The predicted octanol–water partition coefficient (Wildman–Crippen LogP) is 1.72. The normalized spacial score (nSPS) is 37.4. The molecule has 0 spiro atoms. The maximum atomic E-state index is 11.9. The van der Waals surface area contributed by atoms with Crippen LogP contribution in [0.4, 0.5) is 0 Å². The summed E-state index contributed by atoms with van der Waals surface area (Å²) in [4.78, 5) is 23.2. The van der Waals surface area contributed by atoms with Crippen LogP contribution in [0.2, 0.25) is 0 Å². The number of fused-ring (bicyclic) bond motifs is 1. The first kappa shape index (κ1) is 16.6. The van der Waals surface area contributed by atoms with Gasteiger partial charge in [0.15, 0.2) is 0 Å². The zero-order valence-electron chi connectivity index (χ0n) is 13.0. The Balaban J connectivity index is 2.47. The number of carbonyl (C=O) groups excluding carboxylic acids is 2. The van der Waals surface area contributed by atoms with E-state index < -0.39 is 30.2 Å². The molecule has 0 radical (unpaired) electrons. The largest absolute Gasteiger partial charge is 0.454 e. The molecule has 0 bridgehead atoms. The lowest BCUT2D eigenvalue weighted by Crippen LogP contribution is -2.41. The molecule has 0 amide bonds. The highest BCUT2D eigenvalue weighted by Crippen LogP contribution is 2.36. The Bertz CT molecular complexity index is 531. The first-order valence-electron chi connectivity index (χ1n) is 7.51. The molecule has 0 aromatic heterocycles. The third-order valence-electron chi connectivity index (χ3n) is 4.13. The second-order valence-corrected chi connectivity index (χ2v) is 5.66. The summed E-state index contributed by atoms with van der Waals surface area (Å²) in [6, 6.07) is 0. The lowest BCUT2D eigenvalue weighted by atomic mass is 9.84. The van der Waals surface area contributed by atoms with Gasteiger partial charge in [0.2, 0.25) is 0 Å². The Hall–Kier alpha value is -1.72. The smallest absolute Gasteiger partial charge is 0.334 e.